The van der Waals surface area contributed by atoms with Crippen molar-refractivity contribution in [3.63, 3.8) is 0 Å². The second-order valence-corrected chi connectivity index (χ2v) is 5.95. The standard InChI is InChI=1S/C18H13Cl2N3O3/c19-15-6-5-14(7-16(15)20)23-17(24)13(8-21)10-22-9-11-1-3-12(4-2-11)18(25)26/h1-7,10,22H,9H2,(H,23,24)(H,25,26)/b13-10-. The lowest BCUT2D eigenvalue weighted by atomic mass is 10.1. The fourth-order valence-electron chi connectivity index (χ4n) is 1.96. The van der Waals surface area contributed by atoms with Crippen molar-refractivity contribution >= 4 is 40.8 Å². The van der Waals surface area contributed by atoms with Gasteiger partial charge in [0, 0.05) is 18.4 Å². The molecule has 0 spiro atoms. The number of hydrogen-bond acceptors (Lipinski definition) is 4. The first-order valence-corrected chi connectivity index (χ1v) is 8.08. The highest BCUT2D eigenvalue weighted by Gasteiger charge is 2.10. The molecule has 1 amide bonds. The molecule has 0 aliphatic rings. The van der Waals surface area contributed by atoms with Gasteiger partial charge in [-0.25, -0.2) is 4.79 Å². The number of nitriles is 1. The lowest BCUT2D eigenvalue weighted by molar-refractivity contribution is -0.112. The molecule has 132 valence electrons. The maximum absolute atomic E-state index is 12.1. The van der Waals surface area contributed by atoms with E-state index < -0.39 is 11.9 Å². The van der Waals surface area contributed by atoms with Crippen LogP contribution in [0, 0.1) is 11.3 Å². The molecule has 0 heterocycles. The number of benzene rings is 2. The zero-order chi connectivity index (χ0) is 19.1. The number of nitrogens with zero attached hydrogens (tertiary/aromatic N) is 1. The maximum atomic E-state index is 12.1. The molecule has 0 radical (unpaired) electrons. The van der Waals surface area contributed by atoms with E-state index in [4.69, 9.17) is 33.6 Å². The largest absolute Gasteiger partial charge is 0.478 e. The van der Waals surface area contributed by atoms with Crippen molar-refractivity contribution in [1.82, 2.24) is 5.32 Å². The minimum Gasteiger partial charge on any atom is -0.478 e. The number of carbonyl (C=O) groups is 2. The van der Waals surface area contributed by atoms with E-state index in [-0.39, 0.29) is 16.2 Å². The fraction of sp³-hybridized carbons (Fsp3) is 0.0556. The first-order valence-electron chi connectivity index (χ1n) is 7.33. The van der Waals surface area contributed by atoms with Crippen LogP contribution < -0.4 is 10.6 Å². The molecular formula is C18H13Cl2N3O3. The second-order valence-electron chi connectivity index (χ2n) is 5.14. The average Bonchev–Trinajstić information content (AvgIpc) is 2.62. The van der Waals surface area contributed by atoms with Gasteiger partial charge in [0.15, 0.2) is 0 Å². The molecule has 0 aliphatic carbocycles. The number of hydrogen-bond donors (Lipinski definition) is 3. The Labute approximate surface area is 159 Å². The van der Waals surface area contributed by atoms with Gasteiger partial charge in [0.1, 0.15) is 11.6 Å². The molecule has 0 saturated heterocycles. The first-order chi connectivity index (χ1) is 12.4. The summed E-state index contributed by atoms with van der Waals surface area (Å²) in [5, 5.41) is 24.0. The van der Waals surface area contributed by atoms with Gasteiger partial charge < -0.3 is 15.7 Å². The smallest absolute Gasteiger partial charge is 0.335 e. The number of nitrogens with one attached hydrogen (secondary N) is 2. The van der Waals surface area contributed by atoms with E-state index in [0.717, 1.165) is 5.56 Å². The first kappa shape index (κ1) is 19.3. The zero-order valence-corrected chi connectivity index (χ0v) is 14.8. The SMILES string of the molecule is N#C/C(=C/NCc1ccc(C(=O)O)cc1)C(=O)Nc1ccc(Cl)c(Cl)c1. The lowest BCUT2D eigenvalue weighted by Crippen LogP contribution is -2.16. The van der Waals surface area contributed by atoms with Crippen molar-refractivity contribution < 1.29 is 14.7 Å². The van der Waals surface area contributed by atoms with Crippen molar-refractivity contribution in [2.45, 2.75) is 6.54 Å². The van der Waals surface area contributed by atoms with E-state index >= 15 is 0 Å². The number of carboxylic acids is 1. The number of halogens is 2. The normalized spacial score (nSPS) is 10.7. The van der Waals surface area contributed by atoms with Gasteiger partial charge in [-0.15, -0.1) is 0 Å². The number of carbonyl (C=O) groups excluding carboxylic acids is 1. The summed E-state index contributed by atoms with van der Waals surface area (Å²) in [5.74, 6) is -1.60. The van der Waals surface area contributed by atoms with Crippen LogP contribution in [0.4, 0.5) is 5.69 Å². The van der Waals surface area contributed by atoms with Crippen molar-refractivity contribution in [2.75, 3.05) is 5.32 Å². The Morgan fingerprint density at radius 1 is 1.12 bits per heavy atom. The summed E-state index contributed by atoms with van der Waals surface area (Å²) < 4.78 is 0. The van der Waals surface area contributed by atoms with E-state index in [0.29, 0.717) is 17.3 Å². The zero-order valence-electron chi connectivity index (χ0n) is 13.3. The highest BCUT2D eigenvalue weighted by Crippen LogP contribution is 2.25. The molecule has 0 aliphatic heterocycles. The number of carboxylic acid groups (broad SMARTS) is 1. The van der Waals surface area contributed by atoms with E-state index in [1.165, 1.54) is 30.5 Å². The highest BCUT2D eigenvalue weighted by molar-refractivity contribution is 6.42. The quantitative estimate of drug-likeness (QED) is 0.514. The van der Waals surface area contributed by atoms with Crippen molar-refractivity contribution in [3.8, 4) is 6.07 Å². The van der Waals surface area contributed by atoms with Crippen LogP contribution in [0.15, 0.2) is 54.2 Å². The lowest BCUT2D eigenvalue weighted by Gasteiger charge is -2.06. The number of aromatic carboxylic acids is 1. The predicted molar refractivity (Wildman–Crippen MR) is 99.0 cm³/mol. The molecule has 0 fully saturated rings. The van der Waals surface area contributed by atoms with Crippen LogP contribution in [0.1, 0.15) is 15.9 Å². The third-order valence-electron chi connectivity index (χ3n) is 3.30. The Balaban J connectivity index is 1.98. The van der Waals surface area contributed by atoms with Crippen molar-refractivity contribution in [1.29, 1.82) is 5.26 Å². The monoisotopic (exact) mass is 389 g/mol. The Morgan fingerprint density at radius 2 is 1.81 bits per heavy atom. The Hall–Kier alpha value is -3.01. The minimum absolute atomic E-state index is 0.127. The van der Waals surface area contributed by atoms with Crippen LogP contribution in [0.2, 0.25) is 10.0 Å². The van der Waals surface area contributed by atoms with Gasteiger partial charge in [-0.05, 0) is 35.9 Å². The number of rotatable bonds is 6. The van der Waals surface area contributed by atoms with Gasteiger partial charge in [-0.1, -0.05) is 35.3 Å². The third-order valence-corrected chi connectivity index (χ3v) is 4.04. The molecule has 0 unspecified atom stereocenters. The van der Waals surface area contributed by atoms with Gasteiger partial charge in [0.2, 0.25) is 0 Å². The van der Waals surface area contributed by atoms with Gasteiger partial charge in [-0.3, -0.25) is 4.79 Å². The molecule has 3 N–H and O–H groups in total. The van der Waals surface area contributed by atoms with E-state index in [1.807, 2.05) is 6.07 Å². The van der Waals surface area contributed by atoms with Crippen molar-refractivity contribution in [2.24, 2.45) is 0 Å². The molecule has 0 saturated carbocycles. The second kappa shape index (κ2) is 8.90. The van der Waals surface area contributed by atoms with Gasteiger partial charge >= 0.3 is 5.97 Å². The summed E-state index contributed by atoms with van der Waals surface area (Å²) in [6.07, 6.45) is 1.29. The molecule has 0 atom stereocenters. The van der Waals surface area contributed by atoms with Crippen LogP contribution in [0.3, 0.4) is 0 Å². The molecule has 8 heteroatoms. The average molecular weight is 390 g/mol. The Morgan fingerprint density at radius 3 is 2.38 bits per heavy atom. The molecule has 6 nitrogen and oxygen atoms in total. The third kappa shape index (κ3) is 5.24. The van der Waals surface area contributed by atoms with E-state index in [1.54, 1.807) is 18.2 Å². The number of anilines is 1. The summed E-state index contributed by atoms with van der Waals surface area (Å²) in [7, 11) is 0. The summed E-state index contributed by atoms with van der Waals surface area (Å²) >= 11 is 11.7. The van der Waals surface area contributed by atoms with Gasteiger partial charge in [0.05, 0.1) is 15.6 Å². The molecule has 26 heavy (non-hydrogen) atoms. The van der Waals surface area contributed by atoms with Crippen molar-refractivity contribution in [3.05, 3.63) is 75.4 Å². The topological polar surface area (TPSA) is 102 Å². The Kier molecular flexibility index (Phi) is 6.61. The summed E-state index contributed by atoms with van der Waals surface area (Å²) in [4.78, 5) is 22.9. The summed E-state index contributed by atoms with van der Waals surface area (Å²) in [6.45, 7) is 0.325. The molecule has 2 rings (SSSR count). The van der Waals surface area contributed by atoms with Crippen LogP contribution in [-0.4, -0.2) is 17.0 Å². The Bertz CT molecular complexity index is 903. The van der Waals surface area contributed by atoms with Crippen LogP contribution in [0.5, 0.6) is 0 Å². The molecule has 0 aromatic heterocycles. The molecule has 2 aromatic rings. The molecule has 0 bridgehead atoms. The van der Waals surface area contributed by atoms with Gasteiger partial charge in [0.25, 0.3) is 5.91 Å². The highest BCUT2D eigenvalue weighted by atomic mass is 35.5. The number of amides is 1. The van der Waals surface area contributed by atoms with Crippen LogP contribution >= 0.6 is 23.2 Å². The fourth-order valence-corrected chi connectivity index (χ4v) is 2.26. The van der Waals surface area contributed by atoms with Gasteiger partial charge in [-0.2, -0.15) is 5.26 Å². The predicted octanol–water partition coefficient (Wildman–Crippen LogP) is 3.83. The van der Waals surface area contributed by atoms with E-state index in [9.17, 15) is 9.59 Å². The van der Waals surface area contributed by atoms with Crippen LogP contribution in [-0.2, 0) is 11.3 Å². The van der Waals surface area contributed by atoms with Crippen LogP contribution in [0.25, 0.3) is 0 Å². The van der Waals surface area contributed by atoms with E-state index in [2.05, 4.69) is 10.6 Å². The maximum Gasteiger partial charge on any atom is 0.335 e. The summed E-state index contributed by atoms with van der Waals surface area (Å²) in [6, 6.07) is 12.6. The minimum atomic E-state index is -1.00. The summed E-state index contributed by atoms with van der Waals surface area (Å²) in [5.41, 5.74) is 1.27. The molecular weight excluding hydrogens is 377 g/mol. The molecule has 2 aromatic carbocycles.